The number of imidazole rings is 1. The first kappa shape index (κ1) is 18.0. The topological polar surface area (TPSA) is 54.5 Å². The number of aromatic amines is 1. The van der Waals surface area contributed by atoms with Gasteiger partial charge in [-0.3, -0.25) is 0 Å². The van der Waals surface area contributed by atoms with Crippen LogP contribution in [0.25, 0.3) is 33.8 Å². The summed E-state index contributed by atoms with van der Waals surface area (Å²) in [7, 11) is 0. The zero-order chi connectivity index (χ0) is 18.6. The van der Waals surface area contributed by atoms with Crippen molar-refractivity contribution >= 4 is 34.4 Å². The number of hydrogen-bond donors (Lipinski definition) is 1. The first-order valence-electron chi connectivity index (χ1n) is 8.96. The fourth-order valence-electron chi connectivity index (χ4n) is 2.76. The lowest BCUT2D eigenvalue weighted by molar-refractivity contribution is 0.888. The third-order valence-corrected chi connectivity index (χ3v) is 5.39. The summed E-state index contributed by atoms with van der Waals surface area (Å²) in [6.07, 6.45) is 2.29. The maximum Gasteiger partial charge on any atom is 0.188 e. The van der Waals surface area contributed by atoms with Crippen molar-refractivity contribution in [3.05, 3.63) is 59.6 Å². The van der Waals surface area contributed by atoms with Crippen LogP contribution < -0.4 is 0 Å². The van der Waals surface area contributed by atoms with Crippen LogP contribution >= 0.6 is 23.4 Å². The molecule has 136 valence electrons. The highest BCUT2D eigenvalue weighted by Gasteiger charge is 2.12. The van der Waals surface area contributed by atoms with Gasteiger partial charge in [0, 0.05) is 16.3 Å². The van der Waals surface area contributed by atoms with Crippen molar-refractivity contribution in [1.29, 1.82) is 0 Å². The molecule has 6 heteroatoms. The van der Waals surface area contributed by atoms with E-state index in [1.807, 2.05) is 54.6 Å². The first-order chi connectivity index (χ1) is 13.2. The molecule has 0 amide bonds. The first-order valence-corrected chi connectivity index (χ1v) is 10.3. The number of thioether (sulfide) groups is 1. The molecule has 4 nitrogen and oxygen atoms in total. The molecule has 0 unspecified atom stereocenters. The molecule has 0 bridgehead atoms. The van der Waals surface area contributed by atoms with Crippen molar-refractivity contribution in [2.75, 3.05) is 5.75 Å². The third-order valence-electron chi connectivity index (χ3n) is 4.21. The number of rotatable bonds is 6. The number of aromatic nitrogens is 4. The second-order valence-electron chi connectivity index (χ2n) is 6.23. The largest absolute Gasteiger partial charge is 0.337 e. The Morgan fingerprint density at radius 2 is 1.74 bits per heavy atom. The van der Waals surface area contributed by atoms with Gasteiger partial charge in [-0.2, -0.15) is 0 Å². The van der Waals surface area contributed by atoms with Gasteiger partial charge in [0.05, 0.1) is 16.7 Å². The van der Waals surface area contributed by atoms with E-state index in [1.165, 1.54) is 0 Å². The third kappa shape index (κ3) is 4.15. The Morgan fingerprint density at radius 3 is 2.52 bits per heavy atom. The normalized spacial score (nSPS) is 11.2. The standard InChI is InChI=1S/C21H19ClN4S/c1-2-3-12-27-21-25-18(14-8-10-15(22)11-9-14)13-19(26-21)20-23-16-6-4-5-7-17(16)24-20/h4-11,13H,2-3,12H2,1H3,(H,23,24). The van der Waals surface area contributed by atoms with Gasteiger partial charge in [0.25, 0.3) is 0 Å². The smallest absolute Gasteiger partial charge is 0.188 e. The Kier molecular flexibility index (Phi) is 5.41. The minimum Gasteiger partial charge on any atom is -0.337 e. The molecule has 0 aliphatic carbocycles. The van der Waals surface area contributed by atoms with Crippen LogP contribution in [-0.4, -0.2) is 25.7 Å². The summed E-state index contributed by atoms with van der Waals surface area (Å²) < 4.78 is 0. The van der Waals surface area contributed by atoms with E-state index in [-0.39, 0.29) is 0 Å². The molecule has 1 N–H and O–H groups in total. The summed E-state index contributed by atoms with van der Waals surface area (Å²) in [5.41, 5.74) is 4.61. The van der Waals surface area contributed by atoms with E-state index in [9.17, 15) is 0 Å². The predicted molar refractivity (Wildman–Crippen MR) is 113 cm³/mol. The summed E-state index contributed by atoms with van der Waals surface area (Å²) in [6, 6.07) is 17.7. The molecule has 0 saturated heterocycles. The Hall–Kier alpha value is -2.37. The maximum absolute atomic E-state index is 6.04. The fourth-order valence-corrected chi connectivity index (χ4v) is 3.83. The molecule has 2 aromatic heterocycles. The Labute approximate surface area is 167 Å². The minimum atomic E-state index is 0.711. The molecular weight excluding hydrogens is 376 g/mol. The van der Waals surface area contributed by atoms with E-state index in [1.54, 1.807) is 11.8 Å². The highest BCUT2D eigenvalue weighted by Crippen LogP contribution is 2.28. The molecule has 4 rings (SSSR count). The van der Waals surface area contributed by atoms with Gasteiger partial charge in [0.15, 0.2) is 11.0 Å². The highest BCUT2D eigenvalue weighted by molar-refractivity contribution is 7.99. The van der Waals surface area contributed by atoms with Gasteiger partial charge in [0.2, 0.25) is 0 Å². The van der Waals surface area contributed by atoms with E-state index in [4.69, 9.17) is 26.6 Å². The summed E-state index contributed by atoms with van der Waals surface area (Å²) >= 11 is 7.72. The molecule has 2 heterocycles. The van der Waals surface area contributed by atoms with Crippen LogP contribution in [0, 0.1) is 0 Å². The lowest BCUT2D eigenvalue weighted by Crippen LogP contribution is -1.96. The molecule has 4 aromatic rings. The van der Waals surface area contributed by atoms with Gasteiger partial charge in [-0.25, -0.2) is 15.0 Å². The summed E-state index contributed by atoms with van der Waals surface area (Å²) in [6.45, 7) is 2.19. The average molecular weight is 395 g/mol. The molecule has 0 fully saturated rings. The predicted octanol–water partition coefficient (Wildman–Crippen LogP) is 6.23. The lowest BCUT2D eigenvalue weighted by Gasteiger charge is -2.07. The molecule has 0 saturated carbocycles. The monoisotopic (exact) mass is 394 g/mol. The van der Waals surface area contributed by atoms with Crippen LogP contribution in [0.5, 0.6) is 0 Å². The zero-order valence-corrected chi connectivity index (χ0v) is 16.5. The SMILES string of the molecule is CCCCSc1nc(-c2ccc(Cl)cc2)cc(-c2nc3ccccc3[nH]2)n1. The van der Waals surface area contributed by atoms with Gasteiger partial charge in [-0.05, 0) is 36.8 Å². The van der Waals surface area contributed by atoms with E-state index in [0.29, 0.717) is 5.02 Å². The molecule has 27 heavy (non-hydrogen) atoms. The quantitative estimate of drug-likeness (QED) is 0.239. The van der Waals surface area contributed by atoms with Crippen molar-refractivity contribution < 1.29 is 0 Å². The van der Waals surface area contributed by atoms with Crippen molar-refractivity contribution in [2.24, 2.45) is 0 Å². The number of unbranched alkanes of at least 4 members (excludes halogenated alkanes) is 1. The van der Waals surface area contributed by atoms with Crippen LogP contribution in [0.15, 0.2) is 59.8 Å². The number of nitrogens with one attached hydrogen (secondary N) is 1. The van der Waals surface area contributed by atoms with Crippen LogP contribution in [0.4, 0.5) is 0 Å². The van der Waals surface area contributed by atoms with Crippen molar-refractivity contribution in [3.63, 3.8) is 0 Å². The molecule has 0 spiro atoms. The van der Waals surface area contributed by atoms with Gasteiger partial charge >= 0.3 is 0 Å². The highest BCUT2D eigenvalue weighted by atomic mass is 35.5. The van der Waals surface area contributed by atoms with Crippen molar-refractivity contribution in [1.82, 2.24) is 19.9 Å². The second kappa shape index (κ2) is 8.11. The number of nitrogens with zero attached hydrogens (tertiary/aromatic N) is 3. The van der Waals surface area contributed by atoms with Gasteiger partial charge in [-0.1, -0.05) is 61.0 Å². The molecule has 2 aromatic carbocycles. The Balaban J connectivity index is 1.78. The van der Waals surface area contributed by atoms with Crippen LogP contribution in [-0.2, 0) is 0 Å². The Morgan fingerprint density at radius 1 is 0.963 bits per heavy atom. The van der Waals surface area contributed by atoms with E-state index >= 15 is 0 Å². The van der Waals surface area contributed by atoms with Gasteiger partial charge in [0.1, 0.15) is 5.69 Å². The molecule has 0 aliphatic rings. The number of H-pyrrole nitrogens is 1. The maximum atomic E-state index is 6.04. The molecule has 0 radical (unpaired) electrons. The van der Waals surface area contributed by atoms with Gasteiger partial charge in [-0.15, -0.1) is 0 Å². The summed E-state index contributed by atoms with van der Waals surface area (Å²) in [5, 5.41) is 1.48. The molecule has 0 atom stereocenters. The number of halogens is 1. The lowest BCUT2D eigenvalue weighted by atomic mass is 10.1. The minimum absolute atomic E-state index is 0.711. The number of benzene rings is 2. The summed E-state index contributed by atoms with van der Waals surface area (Å²) in [5.74, 6) is 1.76. The molecule has 0 aliphatic heterocycles. The summed E-state index contributed by atoms with van der Waals surface area (Å²) in [4.78, 5) is 17.6. The Bertz CT molecular complexity index is 1030. The number of para-hydroxylation sites is 2. The van der Waals surface area contributed by atoms with Crippen LogP contribution in [0.2, 0.25) is 5.02 Å². The number of hydrogen-bond acceptors (Lipinski definition) is 4. The average Bonchev–Trinajstić information content (AvgIpc) is 3.13. The van der Waals surface area contributed by atoms with Crippen molar-refractivity contribution in [2.45, 2.75) is 24.9 Å². The second-order valence-corrected chi connectivity index (χ2v) is 7.73. The van der Waals surface area contributed by atoms with E-state index < -0.39 is 0 Å². The van der Waals surface area contributed by atoms with E-state index in [0.717, 1.165) is 57.6 Å². The van der Waals surface area contributed by atoms with Crippen molar-refractivity contribution in [3.8, 4) is 22.8 Å². The van der Waals surface area contributed by atoms with Gasteiger partial charge < -0.3 is 4.98 Å². The van der Waals surface area contributed by atoms with Crippen LogP contribution in [0.3, 0.4) is 0 Å². The van der Waals surface area contributed by atoms with Crippen LogP contribution in [0.1, 0.15) is 19.8 Å². The number of fused-ring (bicyclic) bond motifs is 1. The fraction of sp³-hybridized carbons (Fsp3) is 0.190. The molecular formula is C21H19ClN4S. The zero-order valence-electron chi connectivity index (χ0n) is 14.9. The van der Waals surface area contributed by atoms with E-state index in [2.05, 4.69) is 11.9 Å².